The van der Waals surface area contributed by atoms with E-state index in [9.17, 15) is 9.59 Å². The van der Waals surface area contributed by atoms with Crippen LogP contribution in [-0.4, -0.2) is 12.5 Å². The van der Waals surface area contributed by atoms with Crippen LogP contribution >= 0.6 is 0 Å². The maximum atomic E-state index is 13.1. The lowest BCUT2D eigenvalue weighted by Crippen LogP contribution is -2.37. The zero-order valence-electron chi connectivity index (χ0n) is 14.4. The number of hydrogen-bond donors (Lipinski definition) is 0. The predicted molar refractivity (Wildman–Crippen MR) is 103 cm³/mol. The second kappa shape index (κ2) is 6.64. The second-order valence-corrected chi connectivity index (χ2v) is 6.46. The average molecular weight is 345 g/mol. The maximum absolute atomic E-state index is 13.1. The molecule has 0 spiro atoms. The molecule has 2 heterocycles. The molecule has 0 unspecified atom stereocenters. The van der Waals surface area contributed by atoms with Crippen LogP contribution in [0.4, 0.5) is 5.69 Å². The van der Waals surface area contributed by atoms with Gasteiger partial charge in [0.15, 0.2) is 0 Å². The minimum Gasteiger partial charge on any atom is -0.422 e. The minimum atomic E-state index is -0.595. The van der Waals surface area contributed by atoms with Crippen LogP contribution in [0.3, 0.4) is 0 Å². The topological polar surface area (TPSA) is 50.5 Å². The number of amides is 1. The Kier molecular flexibility index (Phi) is 4.17. The molecule has 0 bridgehead atoms. The van der Waals surface area contributed by atoms with Crippen LogP contribution in [0.2, 0.25) is 0 Å². The highest BCUT2D eigenvalue weighted by Gasteiger charge is 2.26. The largest absolute Gasteiger partial charge is 0.422 e. The van der Waals surface area contributed by atoms with Gasteiger partial charge in [0.25, 0.3) is 5.91 Å². The van der Waals surface area contributed by atoms with Gasteiger partial charge in [-0.15, -0.1) is 6.58 Å². The number of allylic oxidation sites excluding steroid dienone is 1. The molecule has 0 N–H and O–H groups in total. The molecule has 0 aliphatic carbocycles. The smallest absolute Gasteiger partial charge is 0.349 e. The Bertz CT molecular complexity index is 1060. The summed E-state index contributed by atoms with van der Waals surface area (Å²) in [6.45, 7) is 4.33. The summed E-state index contributed by atoms with van der Waals surface area (Å²) < 4.78 is 5.53. The molecule has 130 valence electrons. The zero-order valence-corrected chi connectivity index (χ0v) is 14.4. The molecule has 3 aromatic rings. The molecule has 0 saturated carbocycles. The number of carbonyl (C=O) groups excluding carboxylic acids is 1. The molecule has 0 radical (unpaired) electrons. The van der Waals surface area contributed by atoms with Gasteiger partial charge >= 0.3 is 5.63 Å². The molecule has 1 amide bonds. The molecule has 0 fully saturated rings. The Balaban J connectivity index is 1.80. The molecule has 4 heteroatoms. The van der Waals surface area contributed by atoms with E-state index >= 15 is 0 Å². The fraction of sp³-hybridized carbons (Fsp3) is 0.182. The number of rotatable bonds is 3. The average Bonchev–Trinajstić information content (AvgIpc) is 2.67. The number of carbonyl (C=O) groups is 1. The van der Waals surface area contributed by atoms with Crippen molar-refractivity contribution in [3.63, 3.8) is 0 Å². The summed E-state index contributed by atoms with van der Waals surface area (Å²) in [5.74, 6) is -0.304. The van der Waals surface area contributed by atoms with Gasteiger partial charge in [-0.2, -0.15) is 0 Å². The lowest BCUT2D eigenvalue weighted by atomic mass is 10.0. The van der Waals surface area contributed by atoms with Gasteiger partial charge in [-0.25, -0.2) is 4.79 Å². The van der Waals surface area contributed by atoms with Crippen molar-refractivity contribution in [2.24, 2.45) is 0 Å². The third kappa shape index (κ3) is 2.73. The third-order valence-corrected chi connectivity index (χ3v) is 4.79. The van der Waals surface area contributed by atoms with Crippen LogP contribution in [0.15, 0.2) is 70.4 Å². The van der Waals surface area contributed by atoms with E-state index in [1.807, 2.05) is 42.5 Å². The van der Waals surface area contributed by atoms with Gasteiger partial charge in [0, 0.05) is 17.6 Å². The first kappa shape index (κ1) is 16.3. The SMILES string of the molecule is C=CCc1cccc2cc(C(=O)N3CCCc4ccccc43)c(=O)oc12. The Morgan fingerprint density at radius 1 is 1.19 bits per heavy atom. The fourth-order valence-electron chi connectivity index (χ4n) is 3.56. The van der Waals surface area contributed by atoms with Crippen molar-refractivity contribution in [3.05, 3.63) is 88.3 Å². The highest BCUT2D eigenvalue weighted by atomic mass is 16.4. The van der Waals surface area contributed by atoms with Crippen LogP contribution in [0.1, 0.15) is 27.9 Å². The lowest BCUT2D eigenvalue weighted by Gasteiger charge is -2.29. The van der Waals surface area contributed by atoms with E-state index in [-0.39, 0.29) is 11.5 Å². The van der Waals surface area contributed by atoms with Gasteiger partial charge in [-0.1, -0.05) is 42.5 Å². The van der Waals surface area contributed by atoms with Gasteiger partial charge in [0.2, 0.25) is 0 Å². The zero-order chi connectivity index (χ0) is 18.1. The number of nitrogens with zero attached hydrogens (tertiary/aromatic N) is 1. The van der Waals surface area contributed by atoms with Crippen molar-refractivity contribution >= 4 is 22.6 Å². The molecule has 1 aromatic heterocycles. The fourth-order valence-corrected chi connectivity index (χ4v) is 3.56. The number of anilines is 1. The Morgan fingerprint density at radius 3 is 2.88 bits per heavy atom. The van der Waals surface area contributed by atoms with Gasteiger partial charge < -0.3 is 9.32 Å². The molecule has 1 aliphatic heterocycles. The quantitative estimate of drug-likeness (QED) is 0.530. The van der Waals surface area contributed by atoms with E-state index in [1.165, 1.54) is 0 Å². The third-order valence-electron chi connectivity index (χ3n) is 4.79. The number of fused-ring (bicyclic) bond motifs is 2. The van der Waals surface area contributed by atoms with Crippen molar-refractivity contribution in [1.82, 2.24) is 0 Å². The summed E-state index contributed by atoms with van der Waals surface area (Å²) in [6.07, 6.45) is 4.19. The summed E-state index contributed by atoms with van der Waals surface area (Å²) in [4.78, 5) is 27.3. The highest BCUT2D eigenvalue weighted by Crippen LogP contribution is 2.28. The Hall–Kier alpha value is -3.14. The first-order valence-electron chi connectivity index (χ1n) is 8.75. The van der Waals surface area contributed by atoms with E-state index < -0.39 is 5.63 Å². The van der Waals surface area contributed by atoms with E-state index in [0.717, 1.165) is 35.0 Å². The first-order chi connectivity index (χ1) is 12.7. The highest BCUT2D eigenvalue weighted by molar-refractivity contribution is 6.07. The maximum Gasteiger partial charge on any atom is 0.349 e. The van der Waals surface area contributed by atoms with Crippen molar-refractivity contribution < 1.29 is 9.21 Å². The van der Waals surface area contributed by atoms with Crippen LogP contribution in [0.25, 0.3) is 11.0 Å². The van der Waals surface area contributed by atoms with Crippen LogP contribution in [0, 0.1) is 0 Å². The first-order valence-corrected chi connectivity index (χ1v) is 8.75. The monoisotopic (exact) mass is 345 g/mol. The lowest BCUT2D eigenvalue weighted by molar-refractivity contribution is 0.0981. The standard InChI is InChI=1S/C22H19NO3/c1-2-7-16-9-5-10-17-14-18(22(25)26-20(16)17)21(24)23-13-6-11-15-8-3-4-12-19(15)23/h2-5,8-10,12,14H,1,6-7,11,13H2. The number of para-hydroxylation sites is 2. The summed E-state index contributed by atoms with van der Waals surface area (Å²) in [7, 11) is 0. The molecule has 2 aromatic carbocycles. The molecular formula is C22H19NO3. The molecule has 4 nitrogen and oxygen atoms in total. The summed E-state index contributed by atoms with van der Waals surface area (Å²) in [5, 5.41) is 0.748. The van der Waals surface area contributed by atoms with Gasteiger partial charge in [0.05, 0.1) is 0 Å². The van der Waals surface area contributed by atoms with Crippen molar-refractivity contribution in [3.8, 4) is 0 Å². The molecule has 0 saturated heterocycles. The molecule has 26 heavy (non-hydrogen) atoms. The summed E-state index contributed by atoms with van der Waals surface area (Å²) in [6, 6.07) is 15.1. The molecule has 0 atom stereocenters. The van der Waals surface area contributed by atoms with Crippen molar-refractivity contribution in [2.45, 2.75) is 19.3 Å². The van der Waals surface area contributed by atoms with E-state index in [1.54, 1.807) is 17.0 Å². The molecule has 1 aliphatic rings. The second-order valence-electron chi connectivity index (χ2n) is 6.46. The number of benzene rings is 2. The summed E-state index contributed by atoms with van der Waals surface area (Å²) >= 11 is 0. The summed E-state index contributed by atoms with van der Waals surface area (Å²) in [5.41, 5.74) is 2.89. The van der Waals surface area contributed by atoms with Gasteiger partial charge in [-0.3, -0.25) is 4.79 Å². The van der Waals surface area contributed by atoms with Crippen molar-refractivity contribution in [2.75, 3.05) is 11.4 Å². The Morgan fingerprint density at radius 2 is 2.04 bits per heavy atom. The van der Waals surface area contributed by atoms with Crippen LogP contribution < -0.4 is 10.5 Å². The van der Waals surface area contributed by atoms with E-state index in [4.69, 9.17) is 4.42 Å². The molecular weight excluding hydrogens is 326 g/mol. The van der Waals surface area contributed by atoms with E-state index in [0.29, 0.717) is 18.5 Å². The van der Waals surface area contributed by atoms with Gasteiger partial charge in [0.1, 0.15) is 11.1 Å². The normalized spacial score (nSPS) is 13.5. The predicted octanol–water partition coefficient (Wildman–Crippen LogP) is 4.11. The van der Waals surface area contributed by atoms with Crippen molar-refractivity contribution in [1.29, 1.82) is 0 Å². The Labute approximate surface area is 151 Å². The van der Waals surface area contributed by atoms with Gasteiger partial charge in [-0.05, 0) is 42.5 Å². The number of aryl methyl sites for hydroxylation is 1. The minimum absolute atomic E-state index is 0.0740. The van der Waals surface area contributed by atoms with Crippen LogP contribution in [0.5, 0.6) is 0 Å². The van der Waals surface area contributed by atoms with Crippen LogP contribution in [-0.2, 0) is 12.8 Å². The molecule has 4 rings (SSSR count). The van der Waals surface area contributed by atoms with E-state index in [2.05, 4.69) is 6.58 Å². The number of hydrogen-bond acceptors (Lipinski definition) is 3.